The molecule has 4 N–H and O–H groups in total. The number of rotatable bonds is 6. The summed E-state index contributed by atoms with van der Waals surface area (Å²) in [5, 5.41) is 4.06. The molecule has 3 heterocycles. The Morgan fingerprint density at radius 2 is 1.94 bits per heavy atom. The zero-order valence-corrected chi connectivity index (χ0v) is 20.4. The van der Waals surface area contributed by atoms with E-state index < -0.39 is 15.7 Å². The minimum absolute atomic E-state index is 0.0927. The standard InChI is InChI=1S/C25H24N6O4S/c1-25(2,15-35-20-9-5-7-18-22(20)23(26)30-36(33,34)29-18)28-24(32)17-10-12-27-21(14-17)31-13-11-16-6-3-4-8-19(16)31/h3-14,29H,15H2,1-2H3,(H2,26,30)(H,28,32). The van der Waals surface area contributed by atoms with Gasteiger partial charge < -0.3 is 20.4 Å². The van der Waals surface area contributed by atoms with Crippen LogP contribution in [0.2, 0.25) is 0 Å². The zero-order chi connectivity index (χ0) is 25.5. The lowest BCUT2D eigenvalue weighted by molar-refractivity contribution is 0.0880. The molecule has 0 aliphatic carbocycles. The molecule has 4 aromatic rings. The predicted octanol–water partition coefficient (Wildman–Crippen LogP) is 2.99. The van der Waals surface area contributed by atoms with E-state index in [0.29, 0.717) is 22.7 Å². The number of amides is 1. The molecule has 36 heavy (non-hydrogen) atoms. The number of nitrogens with zero attached hydrogens (tertiary/aromatic N) is 3. The molecule has 1 aliphatic rings. The van der Waals surface area contributed by atoms with E-state index >= 15 is 0 Å². The highest BCUT2D eigenvalue weighted by molar-refractivity contribution is 7.91. The summed E-state index contributed by atoms with van der Waals surface area (Å²) in [7, 11) is -3.89. The maximum Gasteiger partial charge on any atom is 0.344 e. The van der Waals surface area contributed by atoms with Gasteiger partial charge in [0.05, 0.1) is 22.3 Å². The van der Waals surface area contributed by atoms with E-state index in [4.69, 9.17) is 10.5 Å². The molecule has 0 unspecified atom stereocenters. The molecule has 0 spiro atoms. The molecule has 2 aromatic heterocycles. The summed E-state index contributed by atoms with van der Waals surface area (Å²) in [4.78, 5) is 17.5. The summed E-state index contributed by atoms with van der Waals surface area (Å²) < 4.78 is 37.3. The van der Waals surface area contributed by atoms with Gasteiger partial charge >= 0.3 is 10.2 Å². The van der Waals surface area contributed by atoms with Crippen LogP contribution in [0.15, 0.2) is 77.5 Å². The number of aromatic nitrogens is 2. The van der Waals surface area contributed by atoms with Crippen LogP contribution in [-0.4, -0.2) is 41.9 Å². The minimum atomic E-state index is -3.89. The van der Waals surface area contributed by atoms with Gasteiger partial charge in [0.25, 0.3) is 5.91 Å². The number of carbonyl (C=O) groups excluding carboxylic acids is 1. The largest absolute Gasteiger partial charge is 0.490 e. The maximum absolute atomic E-state index is 13.1. The van der Waals surface area contributed by atoms with Crippen LogP contribution in [-0.2, 0) is 10.2 Å². The van der Waals surface area contributed by atoms with Crippen LogP contribution in [0, 0.1) is 0 Å². The quantitative estimate of drug-likeness (QED) is 0.369. The van der Waals surface area contributed by atoms with Gasteiger partial charge in [-0.05, 0) is 55.6 Å². The first kappa shape index (κ1) is 23.4. The molecule has 10 nitrogen and oxygen atoms in total. The number of amidine groups is 1. The summed E-state index contributed by atoms with van der Waals surface area (Å²) in [5.74, 6) is 0.533. The second-order valence-corrected chi connectivity index (χ2v) is 10.3. The number of hydrogen-bond acceptors (Lipinski definition) is 6. The normalized spacial score (nSPS) is 14.4. The van der Waals surface area contributed by atoms with E-state index in [1.807, 2.05) is 54.9 Å². The van der Waals surface area contributed by atoms with Gasteiger partial charge in [0.2, 0.25) is 0 Å². The molecular formula is C25H24N6O4S. The van der Waals surface area contributed by atoms with E-state index in [9.17, 15) is 13.2 Å². The van der Waals surface area contributed by atoms with Gasteiger partial charge in [-0.2, -0.15) is 8.42 Å². The van der Waals surface area contributed by atoms with Crippen molar-refractivity contribution >= 4 is 38.5 Å². The first-order chi connectivity index (χ1) is 17.1. The highest BCUT2D eigenvalue weighted by Gasteiger charge is 2.27. The van der Waals surface area contributed by atoms with E-state index in [1.54, 1.807) is 36.5 Å². The van der Waals surface area contributed by atoms with Crippen molar-refractivity contribution in [1.82, 2.24) is 14.9 Å². The van der Waals surface area contributed by atoms with Crippen molar-refractivity contribution in [1.29, 1.82) is 0 Å². The van der Waals surface area contributed by atoms with Crippen LogP contribution in [0.1, 0.15) is 29.8 Å². The average molecular weight is 505 g/mol. The Morgan fingerprint density at radius 3 is 2.78 bits per heavy atom. The second-order valence-electron chi connectivity index (χ2n) is 9.01. The van der Waals surface area contributed by atoms with Crippen LogP contribution in [0.3, 0.4) is 0 Å². The monoisotopic (exact) mass is 504 g/mol. The molecule has 2 aromatic carbocycles. The van der Waals surface area contributed by atoms with Gasteiger partial charge in [-0.3, -0.25) is 9.52 Å². The number of nitrogens with one attached hydrogen (secondary N) is 2. The lowest BCUT2D eigenvalue weighted by Crippen LogP contribution is -2.48. The Labute approximate surface area is 208 Å². The van der Waals surface area contributed by atoms with Crippen LogP contribution in [0.5, 0.6) is 5.75 Å². The Morgan fingerprint density at radius 1 is 1.14 bits per heavy atom. The van der Waals surface area contributed by atoms with Crippen molar-refractivity contribution in [2.75, 3.05) is 11.3 Å². The Kier molecular flexibility index (Phi) is 5.64. The van der Waals surface area contributed by atoms with E-state index in [1.165, 1.54) is 0 Å². The summed E-state index contributed by atoms with van der Waals surface area (Å²) in [6.07, 6.45) is 3.52. The molecule has 0 atom stereocenters. The Balaban J connectivity index is 1.32. The molecular weight excluding hydrogens is 480 g/mol. The van der Waals surface area contributed by atoms with Gasteiger partial charge in [-0.25, -0.2) is 4.98 Å². The number of para-hydroxylation sites is 1. The maximum atomic E-state index is 13.1. The number of carbonyl (C=O) groups is 1. The lowest BCUT2D eigenvalue weighted by atomic mass is 10.1. The third kappa shape index (κ3) is 4.60. The smallest absolute Gasteiger partial charge is 0.344 e. The fourth-order valence-electron chi connectivity index (χ4n) is 3.99. The highest BCUT2D eigenvalue weighted by atomic mass is 32.2. The van der Waals surface area contributed by atoms with E-state index in [2.05, 4.69) is 19.4 Å². The van der Waals surface area contributed by atoms with Crippen LogP contribution < -0.4 is 20.5 Å². The minimum Gasteiger partial charge on any atom is -0.490 e. The molecule has 1 aliphatic heterocycles. The van der Waals surface area contributed by atoms with Crippen molar-refractivity contribution in [2.24, 2.45) is 10.1 Å². The molecule has 1 amide bonds. The fourth-order valence-corrected chi connectivity index (χ4v) is 4.83. The molecule has 0 bridgehead atoms. The number of hydrogen-bond donors (Lipinski definition) is 3. The topological polar surface area (TPSA) is 141 Å². The summed E-state index contributed by atoms with van der Waals surface area (Å²) >= 11 is 0. The number of nitrogens with two attached hydrogens (primary N) is 1. The molecule has 11 heteroatoms. The van der Waals surface area contributed by atoms with Crippen molar-refractivity contribution in [3.05, 3.63) is 84.2 Å². The number of fused-ring (bicyclic) bond motifs is 2. The van der Waals surface area contributed by atoms with Crippen molar-refractivity contribution in [3.63, 3.8) is 0 Å². The van der Waals surface area contributed by atoms with E-state index in [0.717, 1.165) is 10.9 Å². The molecule has 0 fully saturated rings. The zero-order valence-electron chi connectivity index (χ0n) is 19.6. The van der Waals surface area contributed by atoms with Crippen molar-refractivity contribution in [3.8, 4) is 11.6 Å². The first-order valence-electron chi connectivity index (χ1n) is 11.1. The summed E-state index contributed by atoms with van der Waals surface area (Å²) in [6.45, 7) is 3.74. The predicted molar refractivity (Wildman–Crippen MR) is 138 cm³/mol. The van der Waals surface area contributed by atoms with Gasteiger partial charge in [0.1, 0.15) is 18.2 Å². The third-order valence-electron chi connectivity index (χ3n) is 5.63. The van der Waals surface area contributed by atoms with Gasteiger partial charge in [-0.1, -0.05) is 24.3 Å². The number of pyridine rings is 1. The number of benzene rings is 2. The van der Waals surface area contributed by atoms with E-state index in [-0.39, 0.29) is 24.0 Å². The van der Waals surface area contributed by atoms with Crippen LogP contribution >= 0.6 is 0 Å². The van der Waals surface area contributed by atoms with Gasteiger partial charge in [-0.15, -0.1) is 4.40 Å². The van der Waals surface area contributed by atoms with Crippen LogP contribution in [0.4, 0.5) is 5.69 Å². The van der Waals surface area contributed by atoms with Crippen molar-refractivity contribution < 1.29 is 17.9 Å². The highest BCUT2D eigenvalue weighted by Crippen LogP contribution is 2.31. The molecule has 5 rings (SSSR count). The lowest BCUT2D eigenvalue weighted by Gasteiger charge is -2.27. The molecule has 0 radical (unpaired) electrons. The fraction of sp³-hybridized carbons (Fsp3) is 0.160. The van der Waals surface area contributed by atoms with Crippen molar-refractivity contribution in [2.45, 2.75) is 19.4 Å². The molecule has 0 saturated heterocycles. The average Bonchev–Trinajstić information content (AvgIpc) is 3.26. The second kappa shape index (κ2) is 8.68. The molecule has 184 valence electrons. The Hall–Kier alpha value is -4.38. The first-order valence-corrected chi connectivity index (χ1v) is 12.6. The third-order valence-corrected chi connectivity index (χ3v) is 6.55. The van der Waals surface area contributed by atoms with Crippen LogP contribution in [0.25, 0.3) is 16.7 Å². The molecule has 0 saturated carbocycles. The Bertz CT molecular complexity index is 1620. The SMILES string of the molecule is CC(C)(COc1cccc2c1C(N)=NS(=O)(=O)N2)NC(=O)c1ccnc(-n2ccc3ccccc32)c1. The summed E-state index contributed by atoms with van der Waals surface area (Å²) in [5.41, 5.74) is 7.19. The van der Waals surface area contributed by atoms with Gasteiger partial charge in [0, 0.05) is 18.0 Å². The number of ether oxygens (including phenoxy) is 1. The van der Waals surface area contributed by atoms with Gasteiger partial charge in [0.15, 0.2) is 5.84 Å². The summed E-state index contributed by atoms with van der Waals surface area (Å²) in [6, 6.07) is 18.2. The number of anilines is 1.